The van der Waals surface area contributed by atoms with Gasteiger partial charge in [-0.05, 0) is 30.5 Å². The van der Waals surface area contributed by atoms with Crippen molar-refractivity contribution in [2.24, 2.45) is 0 Å². The molecule has 1 heterocycles. The van der Waals surface area contributed by atoms with Crippen molar-refractivity contribution in [1.82, 2.24) is 15.3 Å². The first kappa shape index (κ1) is 15.4. The summed E-state index contributed by atoms with van der Waals surface area (Å²) >= 11 is 0. The maximum atomic E-state index is 4.35. The molecule has 3 heteroatoms. The highest BCUT2D eigenvalue weighted by Crippen LogP contribution is 2.23. The molecule has 0 radical (unpaired) electrons. The molecule has 0 saturated carbocycles. The lowest BCUT2D eigenvalue weighted by Gasteiger charge is -2.20. The Hall–Kier alpha value is -2.52. The lowest BCUT2D eigenvalue weighted by atomic mass is 10.0. The van der Waals surface area contributed by atoms with E-state index < -0.39 is 0 Å². The van der Waals surface area contributed by atoms with Crippen molar-refractivity contribution in [2.75, 3.05) is 0 Å². The van der Waals surface area contributed by atoms with Gasteiger partial charge in [0.2, 0.25) is 0 Å². The van der Waals surface area contributed by atoms with Crippen LogP contribution in [0.25, 0.3) is 11.1 Å². The van der Waals surface area contributed by atoms with Crippen LogP contribution in [0.4, 0.5) is 0 Å². The second-order valence-electron chi connectivity index (χ2n) is 5.73. The molecule has 0 spiro atoms. The number of benzene rings is 2. The fourth-order valence-electron chi connectivity index (χ4n) is 2.69. The zero-order valence-electron chi connectivity index (χ0n) is 13.5. The average Bonchev–Trinajstić information content (AvgIpc) is 2.63. The maximum absolute atomic E-state index is 4.35. The smallest absolute Gasteiger partial charge is 0.0753 e. The van der Waals surface area contributed by atoms with E-state index in [9.17, 15) is 0 Å². The molecule has 1 N–H and O–H groups in total. The molecule has 0 fully saturated rings. The first-order valence-corrected chi connectivity index (χ1v) is 7.91. The molecule has 0 aliphatic carbocycles. The third kappa shape index (κ3) is 3.82. The van der Waals surface area contributed by atoms with Gasteiger partial charge >= 0.3 is 0 Å². The van der Waals surface area contributed by atoms with Crippen molar-refractivity contribution >= 4 is 0 Å². The average molecular weight is 303 g/mol. The topological polar surface area (TPSA) is 37.8 Å². The SMILES string of the molecule is C[C@H](N[C@H](C)c1ccc(-c2ccccc2)cc1)c1cnccn1. The second kappa shape index (κ2) is 7.16. The van der Waals surface area contributed by atoms with Crippen LogP contribution in [0.5, 0.6) is 0 Å². The summed E-state index contributed by atoms with van der Waals surface area (Å²) in [5.74, 6) is 0. The van der Waals surface area contributed by atoms with Gasteiger partial charge in [0, 0.05) is 30.7 Å². The Balaban J connectivity index is 1.69. The Labute approximate surface area is 137 Å². The van der Waals surface area contributed by atoms with Crippen molar-refractivity contribution in [3.8, 4) is 11.1 Å². The van der Waals surface area contributed by atoms with Gasteiger partial charge in [-0.1, -0.05) is 54.6 Å². The summed E-state index contributed by atoms with van der Waals surface area (Å²) in [6.07, 6.45) is 5.23. The van der Waals surface area contributed by atoms with Gasteiger partial charge in [-0.3, -0.25) is 9.97 Å². The molecular formula is C20H21N3. The normalized spacial score (nSPS) is 13.5. The summed E-state index contributed by atoms with van der Waals surface area (Å²) in [5, 5.41) is 3.57. The zero-order chi connectivity index (χ0) is 16.1. The molecule has 23 heavy (non-hydrogen) atoms. The number of rotatable bonds is 5. The van der Waals surface area contributed by atoms with Crippen LogP contribution in [0.2, 0.25) is 0 Å². The second-order valence-corrected chi connectivity index (χ2v) is 5.73. The van der Waals surface area contributed by atoms with Crippen LogP contribution in [-0.4, -0.2) is 9.97 Å². The van der Waals surface area contributed by atoms with E-state index in [1.807, 2.05) is 12.3 Å². The van der Waals surface area contributed by atoms with E-state index in [1.54, 1.807) is 12.4 Å². The molecular weight excluding hydrogens is 282 g/mol. The van der Waals surface area contributed by atoms with E-state index in [4.69, 9.17) is 0 Å². The van der Waals surface area contributed by atoms with E-state index in [0.29, 0.717) is 0 Å². The Bertz CT molecular complexity index is 724. The molecule has 3 nitrogen and oxygen atoms in total. The Morgan fingerprint density at radius 1 is 0.783 bits per heavy atom. The summed E-state index contributed by atoms with van der Waals surface area (Å²) < 4.78 is 0. The summed E-state index contributed by atoms with van der Waals surface area (Å²) in [6, 6.07) is 19.6. The summed E-state index contributed by atoms with van der Waals surface area (Å²) in [6.45, 7) is 4.28. The molecule has 2 atom stereocenters. The number of aromatic nitrogens is 2. The minimum atomic E-state index is 0.160. The standard InChI is InChI=1S/C20H21N3/c1-15(23-16(2)20-14-21-12-13-22-20)17-8-10-19(11-9-17)18-6-4-3-5-7-18/h3-16,23H,1-2H3/t15-,16+/m1/s1. The maximum Gasteiger partial charge on any atom is 0.0753 e. The van der Waals surface area contributed by atoms with Crippen LogP contribution in [-0.2, 0) is 0 Å². The first-order chi connectivity index (χ1) is 11.2. The molecule has 3 aromatic rings. The van der Waals surface area contributed by atoms with Gasteiger partial charge in [0.05, 0.1) is 5.69 Å². The molecule has 1 aromatic heterocycles. The molecule has 0 aliphatic rings. The Kier molecular flexibility index (Phi) is 4.79. The Morgan fingerprint density at radius 2 is 1.48 bits per heavy atom. The van der Waals surface area contributed by atoms with Gasteiger partial charge in [-0.15, -0.1) is 0 Å². The van der Waals surface area contributed by atoms with Crippen LogP contribution >= 0.6 is 0 Å². The molecule has 3 rings (SSSR count). The number of nitrogens with one attached hydrogen (secondary N) is 1. The van der Waals surface area contributed by atoms with Crippen LogP contribution in [0.3, 0.4) is 0 Å². The van der Waals surface area contributed by atoms with Crippen molar-refractivity contribution in [3.05, 3.63) is 84.4 Å². The van der Waals surface area contributed by atoms with Crippen molar-refractivity contribution in [2.45, 2.75) is 25.9 Å². The minimum absolute atomic E-state index is 0.160. The van der Waals surface area contributed by atoms with E-state index in [-0.39, 0.29) is 12.1 Å². The van der Waals surface area contributed by atoms with E-state index in [0.717, 1.165) is 5.69 Å². The monoisotopic (exact) mass is 303 g/mol. The number of hydrogen-bond donors (Lipinski definition) is 1. The number of hydrogen-bond acceptors (Lipinski definition) is 3. The van der Waals surface area contributed by atoms with Gasteiger partial charge in [0.25, 0.3) is 0 Å². The molecule has 0 unspecified atom stereocenters. The largest absolute Gasteiger partial charge is 0.302 e. The van der Waals surface area contributed by atoms with Gasteiger partial charge in [-0.25, -0.2) is 0 Å². The Morgan fingerprint density at radius 3 is 2.13 bits per heavy atom. The van der Waals surface area contributed by atoms with E-state index in [2.05, 4.69) is 77.7 Å². The third-order valence-corrected chi connectivity index (χ3v) is 4.04. The fourth-order valence-corrected chi connectivity index (χ4v) is 2.69. The molecule has 0 amide bonds. The predicted octanol–water partition coefficient (Wildman–Crippen LogP) is 4.56. The van der Waals surface area contributed by atoms with Crippen molar-refractivity contribution < 1.29 is 0 Å². The van der Waals surface area contributed by atoms with Crippen LogP contribution in [0, 0.1) is 0 Å². The van der Waals surface area contributed by atoms with Crippen molar-refractivity contribution in [3.63, 3.8) is 0 Å². The zero-order valence-corrected chi connectivity index (χ0v) is 13.5. The third-order valence-electron chi connectivity index (χ3n) is 4.04. The molecule has 0 aliphatic heterocycles. The molecule has 0 bridgehead atoms. The van der Waals surface area contributed by atoms with Crippen molar-refractivity contribution in [1.29, 1.82) is 0 Å². The van der Waals surface area contributed by atoms with E-state index >= 15 is 0 Å². The van der Waals surface area contributed by atoms with Gasteiger partial charge < -0.3 is 5.32 Å². The van der Waals surface area contributed by atoms with Gasteiger partial charge in [-0.2, -0.15) is 0 Å². The lowest BCUT2D eigenvalue weighted by Crippen LogP contribution is -2.23. The van der Waals surface area contributed by atoms with Crippen LogP contribution < -0.4 is 5.32 Å². The van der Waals surface area contributed by atoms with E-state index in [1.165, 1.54) is 16.7 Å². The quantitative estimate of drug-likeness (QED) is 0.751. The first-order valence-electron chi connectivity index (χ1n) is 7.91. The lowest BCUT2D eigenvalue weighted by molar-refractivity contribution is 0.485. The summed E-state index contributed by atoms with van der Waals surface area (Å²) in [4.78, 5) is 8.48. The van der Waals surface area contributed by atoms with Gasteiger partial charge in [0.1, 0.15) is 0 Å². The molecule has 116 valence electrons. The van der Waals surface area contributed by atoms with Crippen LogP contribution in [0.15, 0.2) is 73.2 Å². The van der Waals surface area contributed by atoms with Gasteiger partial charge in [0.15, 0.2) is 0 Å². The highest BCUT2D eigenvalue weighted by atomic mass is 15.0. The summed E-state index contributed by atoms with van der Waals surface area (Å²) in [7, 11) is 0. The predicted molar refractivity (Wildman–Crippen MR) is 93.9 cm³/mol. The highest BCUT2D eigenvalue weighted by Gasteiger charge is 2.12. The molecule has 0 saturated heterocycles. The summed E-state index contributed by atoms with van der Waals surface area (Å²) in [5.41, 5.74) is 4.71. The fraction of sp³-hybridized carbons (Fsp3) is 0.200. The molecule has 2 aromatic carbocycles. The van der Waals surface area contributed by atoms with Crippen LogP contribution in [0.1, 0.15) is 37.2 Å². The number of nitrogens with zero attached hydrogens (tertiary/aromatic N) is 2. The minimum Gasteiger partial charge on any atom is -0.302 e. The highest BCUT2D eigenvalue weighted by molar-refractivity contribution is 5.63.